The highest BCUT2D eigenvalue weighted by atomic mass is 35.5. The summed E-state index contributed by atoms with van der Waals surface area (Å²) in [5.41, 5.74) is 1.63. The molecule has 2 aromatic rings. The van der Waals surface area contributed by atoms with Gasteiger partial charge in [0.15, 0.2) is 0 Å². The van der Waals surface area contributed by atoms with Crippen molar-refractivity contribution in [3.8, 4) is 0 Å². The first-order chi connectivity index (χ1) is 10.4. The van der Waals surface area contributed by atoms with Gasteiger partial charge in [-0.15, -0.1) is 0 Å². The summed E-state index contributed by atoms with van der Waals surface area (Å²) in [5.74, 6) is 0.156. The van der Waals surface area contributed by atoms with Crippen molar-refractivity contribution in [3.63, 3.8) is 0 Å². The number of hydrogen-bond acceptors (Lipinski definition) is 4. The quantitative estimate of drug-likeness (QED) is 0.895. The lowest BCUT2D eigenvalue weighted by Crippen LogP contribution is -2.32. The van der Waals surface area contributed by atoms with E-state index in [1.165, 1.54) is 0 Å². The number of aromatic nitrogens is 1. The van der Waals surface area contributed by atoms with Gasteiger partial charge in [0.25, 0.3) is 0 Å². The number of benzene rings is 1. The van der Waals surface area contributed by atoms with Crippen molar-refractivity contribution in [3.05, 3.63) is 45.6 Å². The predicted molar refractivity (Wildman–Crippen MR) is 87.4 cm³/mol. The van der Waals surface area contributed by atoms with Gasteiger partial charge in [-0.3, -0.25) is 15.0 Å². The summed E-state index contributed by atoms with van der Waals surface area (Å²) in [6, 6.07) is 6.97. The van der Waals surface area contributed by atoms with Gasteiger partial charge in [0.2, 0.25) is 11.8 Å². The zero-order valence-corrected chi connectivity index (χ0v) is 14.1. The van der Waals surface area contributed by atoms with E-state index in [2.05, 4.69) is 10.5 Å². The van der Waals surface area contributed by atoms with Crippen molar-refractivity contribution < 1.29 is 9.32 Å². The average Bonchev–Trinajstić information content (AvgIpc) is 2.83. The second kappa shape index (κ2) is 7.13. The Balaban J connectivity index is 1.98. The maximum absolute atomic E-state index is 12.0. The lowest BCUT2D eigenvalue weighted by atomic mass is 10.1. The molecule has 0 bridgehead atoms. The van der Waals surface area contributed by atoms with E-state index in [1.807, 2.05) is 24.9 Å². The molecule has 1 amide bonds. The van der Waals surface area contributed by atoms with Crippen molar-refractivity contribution >= 4 is 35.0 Å². The predicted octanol–water partition coefficient (Wildman–Crippen LogP) is 3.92. The monoisotopic (exact) mass is 341 g/mol. The summed E-state index contributed by atoms with van der Waals surface area (Å²) in [6.07, 6.45) is 0. The fourth-order valence-electron chi connectivity index (χ4n) is 2.04. The highest BCUT2D eigenvalue weighted by molar-refractivity contribution is 6.35. The number of carbonyl (C=O) groups excluding carboxylic acids is 1. The van der Waals surface area contributed by atoms with Crippen LogP contribution < -0.4 is 5.32 Å². The van der Waals surface area contributed by atoms with Crippen LogP contribution in [0, 0.1) is 6.92 Å². The molecule has 7 heteroatoms. The minimum atomic E-state index is -0.185. The number of carbonyl (C=O) groups is 1. The third-order valence-electron chi connectivity index (χ3n) is 3.36. The Hall–Kier alpha value is -1.56. The van der Waals surface area contributed by atoms with Crippen LogP contribution in [0.3, 0.4) is 0 Å². The topological polar surface area (TPSA) is 58.4 Å². The van der Waals surface area contributed by atoms with Crippen LogP contribution in [0.1, 0.15) is 24.2 Å². The molecule has 0 saturated heterocycles. The first-order valence-electron chi connectivity index (χ1n) is 6.75. The second-order valence-corrected chi connectivity index (χ2v) is 5.98. The lowest BCUT2D eigenvalue weighted by Gasteiger charge is -2.25. The molecule has 0 unspecified atom stereocenters. The largest absolute Gasteiger partial charge is 0.338 e. The van der Waals surface area contributed by atoms with E-state index >= 15 is 0 Å². The smallest absolute Gasteiger partial charge is 0.240 e. The van der Waals surface area contributed by atoms with Gasteiger partial charge in [-0.1, -0.05) is 34.4 Å². The molecular weight excluding hydrogens is 325 g/mol. The average molecular weight is 342 g/mol. The van der Waals surface area contributed by atoms with Crippen molar-refractivity contribution in [1.82, 2.24) is 10.1 Å². The molecular formula is C15H17Cl2N3O2. The summed E-state index contributed by atoms with van der Waals surface area (Å²) in [4.78, 5) is 13.9. The molecule has 1 N–H and O–H groups in total. The number of halogens is 2. The van der Waals surface area contributed by atoms with E-state index in [0.29, 0.717) is 21.6 Å². The van der Waals surface area contributed by atoms with Gasteiger partial charge in [0, 0.05) is 22.2 Å². The molecule has 1 aromatic carbocycles. The molecule has 0 spiro atoms. The number of amides is 1. The van der Waals surface area contributed by atoms with E-state index in [9.17, 15) is 4.79 Å². The van der Waals surface area contributed by atoms with Gasteiger partial charge < -0.3 is 4.52 Å². The normalized spacial score (nSPS) is 12.5. The van der Waals surface area contributed by atoms with Gasteiger partial charge in [0.05, 0.1) is 12.2 Å². The second-order valence-electron chi connectivity index (χ2n) is 5.14. The minimum absolute atomic E-state index is 0.0352. The molecule has 0 radical (unpaired) electrons. The van der Waals surface area contributed by atoms with E-state index in [-0.39, 0.29) is 18.5 Å². The maximum atomic E-state index is 12.0. The van der Waals surface area contributed by atoms with Crippen LogP contribution in [0.15, 0.2) is 28.8 Å². The van der Waals surface area contributed by atoms with Crippen molar-refractivity contribution in [2.24, 2.45) is 0 Å². The first kappa shape index (κ1) is 16.8. The SMILES string of the molecule is Cc1cc(NC(=O)CN(C)[C@H](C)c2ccc(Cl)cc2Cl)on1. The van der Waals surface area contributed by atoms with Crippen LogP contribution in [-0.2, 0) is 4.79 Å². The van der Waals surface area contributed by atoms with Crippen LogP contribution >= 0.6 is 23.2 Å². The van der Waals surface area contributed by atoms with Gasteiger partial charge in [-0.2, -0.15) is 0 Å². The van der Waals surface area contributed by atoms with Crippen molar-refractivity contribution in [2.75, 3.05) is 18.9 Å². The molecule has 0 aliphatic heterocycles. The van der Waals surface area contributed by atoms with Crippen LogP contribution in [0.5, 0.6) is 0 Å². The summed E-state index contributed by atoms with van der Waals surface area (Å²) < 4.78 is 4.96. The Bertz CT molecular complexity index is 673. The van der Waals surface area contributed by atoms with E-state index in [4.69, 9.17) is 27.7 Å². The Morgan fingerprint density at radius 3 is 2.73 bits per heavy atom. The van der Waals surface area contributed by atoms with Crippen molar-refractivity contribution in [1.29, 1.82) is 0 Å². The number of rotatable bonds is 5. The molecule has 5 nitrogen and oxygen atoms in total. The van der Waals surface area contributed by atoms with E-state index in [1.54, 1.807) is 25.1 Å². The number of aryl methyl sites for hydroxylation is 1. The molecule has 0 aliphatic rings. The standard InChI is InChI=1S/C15H17Cl2N3O2/c1-9-6-15(22-19-9)18-14(21)8-20(3)10(2)12-5-4-11(16)7-13(12)17/h4-7,10H,8H2,1-3H3,(H,18,21)/t10-/m1/s1. The zero-order valence-electron chi connectivity index (χ0n) is 12.6. The third-order valence-corrected chi connectivity index (χ3v) is 3.92. The summed E-state index contributed by atoms with van der Waals surface area (Å²) in [6.45, 7) is 3.96. The van der Waals surface area contributed by atoms with Crippen LogP contribution in [0.25, 0.3) is 0 Å². The van der Waals surface area contributed by atoms with Gasteiger partial charge >= 0.3 is 0 Å². The molecule has 0 saturated carbocycles. The summed E-state index contributed by atoms with van der Waals surface area (Å²) >= 11 is 12.1. The molecule has 2 rings (SSSR count). The fraction of sp³-hybridized carbons (Fsp3) is 0.333. The van der Waals surface area contributed by atoms with Crippen LogP contribution in [0.2, 0.25) is 10.0 Å². The Morgan fingerprint density at radius 1 is 1.41 bits per heavy atom. The molecule has 0 aliphatic carbocycles. The Labute approximate surface area is 139 Å². The number of nitrogens with zero attached hydrogens (tertiary/aromatic N) is 2. The fourth-order valence-corrected chi connectivity index (χ4v) is 2.61. The van der Waals surface area contributed by atoms with Crippen molar-refractivity contribution in [2.45, 2.75) is 19.9 Å². The van der Waals surface area contributed by atoms with Gasteiger partial charge in [-0.25, -0.2) is 0 Å². The Kier molecular flexibility index (Phi) is 5.45. The van der Waals surface area contributed by atoms with Crippen LogP contribution in [0.4, 0.5) is 5.88 Å². The molecule has 0 fully saturated rings. The molecule has 118 valence electrons. The molecule has 1 atom stereocenters. The Morgan fingerprint density at radius 2 is 2.14 bits per heavy atom. The summed E-state index contributed by atoms with van der Waals surface area (Å²) in [7, 11) is 1.85. The molecule has 22 heavy (non-hydrogen) atoms. The first-order valence-corrected chi connectivity index (χ1v) is 7.50. The lowest BCUT2D eigenvalue weighted by molar-refractivity contribution is -0.117. The highest BCUT2D eigenvalue weighted by Crippen LogP contribution is 2.28. The highest BCUT2D eigenvalue weighted by Gasteiger charge is 2.18. The summed E-state index contributed by atoms with van der Waals surface area (Å²) in [5, 5.41) is 7.54. The number of likely N-dealkylation sites (N-methyl/N-ethyl adjacent to an activating group) is 1. The zero-order chi connectivity index (χ0) is 16.3. The van der Waals surface area contributed by atoms with Gasteiger partial charge in [0.1, 0.15) is 0 Å². The van der Waals surface area contributed by atoms with E-state index < -0.39 is 0 Å². The minimum Gasteiger partial charge on any atom is -0.338 e. The number of hydrogen-bond donors (Lipinski definition) is 1. The number of nitrogens with one attached hydrogen (secondary N) is 1. The van der Waals surface area contributed by atoms with E-state index in [0.717, 1.165) is 5.56 Å². The molecule has 1 aromatic heterocycles. The third kappa shape index (κ3) is 4.22. The van der Waals surface area contributed by atoms with Gasteiger partial charge in [-0.05, 0) is 38.6 Å². The molecule has 1 heterocycles. The maximum Gasteiger partial charge on any atom is 0.240 e. The van der Waals surface area contributed by atoms with Crippen LogP contribution in [-0.4, -0.2) is 29.6 Å². The number of anilines is 1.